The first-order valence-corrected chi connectivity index (χ1v) is 5.75. The Morgan fingerprint density at radius 3 is 2.24 bits per heavy atom. The average Bonchev–Trinajstić information content (AvgIpc) is 2.16. The van der Waals surface area contributed by atoms with Crippen LogP contribution in [0.3, 0.4) is 0 Å². The molecule has 0 saturated heterocycles. The average molecular weight is 245 g/mol. The molecule has 6 heteroatoms. The van der Waals surface area contributed by atoms with E-state index in [1.807, 2.05) is 32.8 Å². The summed E-state index contributed by atoms with van der Waals surface area (Å²) in [5.74, 6) is -0.892. The molecule has 0 saturated carbocycles. The highest BCUT2D eigenvalue weighted by Crippen LogP contribution is 2.00. The van der Waals surface area contributed by atoms with Crippen molar-refractivity contribution >= 4 is 12.0 Å². The lowest BCUT2D eigenvalue weighted by Gasteiger charge is -2.26. The second-order valence-electron chi connectivity index (χ2n) is 4.47. The van der Waals surface area contributed by atoms with Gasteiger partial charge in [-0.1, -0.05) is 0 Å². The summed E-state index contributed by atoms with van der Waals surface area (Å²) in [5.41, 5.74) is 0. The van der Waals surface area contributed by atoms with E-state index in [2.05, 4.69) is 5.32 Å². The molecule has 0 spiro atoms. The maximum Gasteiger partial charge on any atom is 0.317 e. The van der Waals surface area contributed by atoms with Crippen molar-refractivity contribution in [3.8, 4) is 0 Å². The minimum Gasteiger partial charge on any atom is -0.481 e. The molecule has 0 unspecified atom stereocenters. The molecule has 0 heterocycles. The first-order valence-electron chi connectivity index (χ1n) is 5.75. The van der Waals surface area contributed by atoms with Crippen molar-refractivity contribution in [2.75, 3.05) is 33.7 Å². The number of nitrogens with zero attached hydrogens (tertiary/aromatic N) is 2. The van der Waals surface area contributed by atoms with Gasteiger partial charge in [-0.3, -0.25) is 4.79 Å². The molecular formula is C11H23N3O3. The van der Waals surface area contributed by atoms with Crippen molar-refractivity contribution in [2.45, 2.75) is 26.3 Å². The number of amides is 2. The van der Waals surface area contributed by atoms with Crippen LogP contribution in [0.1, 0.15) is 20.3 Å². The molecule has 2 amide bonds. The monoisotopic (exact) mass is 245 g/mol. The van der Waals surface area contributed by atoms with Crippen molar-refractivity contribution < 1.29 is 14.7 Å². The van der Waals surface area contributed by atoms with E-state index in [4.69, 9.17) is 5.11 Å². The molecule has 0 aromatic rings. The molecule has 17 heavy (non-hydrogen) atoms. The Labute approximate surface area is 103 Å². The molecule has 0 aliphatic rings. The van der Waals surface area contributed by atoms with Crippen LogP contribution in [0, 0.1) is 0 Å². The van der Waals surface area contributed by atoms with E-state index in [-0.39, 0.29) is 25.0 Å². The number of nitrogens with one attached hydrogen (secondary N) is 1. The molecule has 0 rings (SSSR count). The lowest BCUT2D eigenvalue weighted by atomic mass is 10.3. The summed E-state index contributed by atoms with van der Waals surface area (Å²) >= 11 is 0. The number of carboxylic acids is 1. The third-order valence-electron chi connectivity index (χ3n) is 2.29. The highest BCUT2D eigenvalue weighted by molar-refractivity contribution is 5.75. The van der Waals surface area contributed by atoms with Gasteiger partial charge in [0.15, 0.2) is 0 Å². The normalized spacial score (nSPS) is 10.7. The fourth-order valence-electron chi connectivity index (χ4n) is 1.30. The van der Waals surface area contributed by atoms with Crippen molar-refractivity contribution in [3.63, 3.8) is 0 Å². The molecule has 0 aromatic heterocycles. The number of likely N-dealkylation sites (N-methyl/N-ethyl adjacent to an activating group) is 1. The summed E-state index contributed by atoms with van der Waals surface area (Å²) in [5, 5.41) is 11.4. The fourth-order valence-corrected chi connectivity index (χ4v) is 1.30. The van der Waals surface area contributed by atoms with Crippen LogP contribution in [0.2, 0.25) is 0 Å². The lowest BCUT2D eigenvalue weighted by Crippen LogP contribution is -2.46. The molecule has 2 N–H and O–H groups in total. The standard InChI is InChI=1S/C11H23N3O3/c1-9(2)14(7-5-10(15)16)11(17)12-6-8-13(3)4/h9H,5-8H2,1-4H3,(H,12,17)(H,15,16). The van der Waals surface area contributed by atoms with Crippen LogP contribution in [-0.4, -0.2) is 66.7 Å². The van der Waals surface area contributed by atoms with E-state index in [0.29, 0.717) is 6.54 Å². The summed E-state index contributed by atoms with van der Waals surface area (Å²) in [6.45, 7) is 5.29. The first-order chi connectivity index (χ1) is 7.84. The second-order valence-corrected chi connectivity index (χ2v) is 4.47. The van der Waals surface area contributed by atoms with Gasteiger partial charge in [0.05, 0.1) is 6.42 Å². The molecule has 0 aliphatic heterocycles. The van der Waals surface area contributed by atoms with E-state index in [0.717, 1.165) is 6.54 Å². The Balaban J connectivity index is 4.11. The molecule has 0 fully saturated rings. The number of carboxylic acid groups (broad SMARTS) is 1. The number of rotatable bonds is 7. The van der Waals surface area contributed by atoms with Crippen LogP contribution in [0.5, 0.6) is 0 Å². The quantitative estimate of drug-likeness (QED) is 0.683. The fraction of sp³-hybridized carbons (Fsp3) is 0.818. The van der Waals surface area contributed by atoms with E-state index >= 15 is 0 Å². The third kappa shape index (κ3) is 7.57. The highest BCUT2D eigenvalue weighted by Gasteiger charge is 2.17. The minimum absolute atomic E-state index is 0.00583. The van der Waals surface area contributed by atoms with Gasteiger partial charge in [-0.05, 0) is 27.9 Å². The number of hydrogen-bond acceptors (Lipinski definition) is 3. The van der Waals surface area contributed by atoms with Gasteiger partial charge < -0.3 is 20.2 Å². The Bertz CT molecular complexity index is 254. The molecule has 0 atom stereocenters. The molecule has 100 valence electrons. The summed E-state index contributed by atoms with van der Waals surface area (Å²) in [6.07, 6.45) is -0.0285. The smallest absolute Gasteiger partial charge is 0.317 e. The zero-order valence-corrected chi connectivity index (χ0v) is 11.1. The topological polar surface area (TPSA) is 72.9 Å². The van der Waals surface area contributed by atoms with Crippen molar-refractivity contribution in [3.05, 3.63) is 0 Å². The molecule has 0 aliphatic carbocycles. The van der Waals surface area contributed by atoms with E-state index in [1.54, 1.807) is 0 Å². The van der Waals surface area contributed by atoms with Gasteiger partial charge in [-0.25, -0.2) is 4.79 Å². The van der Waals surface area contributed by atoms with Crippen LogP contribution >= 0.6 is 0 Å². The van der Waals surface area contributed by atoms with Crippen molar-refractivity contribution in [1.82, 2.24) is 15.1 Å². The van der Waals surface area contributed by atoms with Crippen LogP contribution in [0.15, 0.2) is 0 Å². The maximum atomic E-state index is 11.8. The second kappa shape index (κ2) is 7.89. The molecular weight excluding hydrogens is 222 g/mol. The Morgan fingerprint density at radius 1 is 1.24 bits per heavy atom. The van der Waals surface area contributed by atoms with E-state index in [9.17, 15) is 9.59 Å². The summed E-state index contributed by atoms with van der Waals surface area (Å²) in [4.78, 5) is 25.8. The molecule has 0 radical (unpaired) electrons. The summed E-state index contributed by atoms with van der Waals surface area (Å²) in [7, 11) is 3.85. The van der Waals surface area contributed by atoms with Crippen molar-refractivity contribution in [1.29, 1.82) is 0 Å². The molecule has 0 aromatic carbocycles. The predicted molar refractivity (Wildman–Crippen MR) is 66.0 cm³/mol. The van der Waals surface area contributed by atoms with E-state index < -0.39 is 5.97 Å². The predicted octanol–water partition coefficient (Wildman–Crippen LogP) is 0.443. The van der Waals surface area contributed by atoms with Gasteiger partial charge in [0.2, 0.25) is 0 Å². The van der Waals surface area contributed by atoms with Crippen LogP contribution < -0.4 is 5.32 Å². The summed E-state index contributed by atoms with van der Waals surface area (Å²) < 4.78 is 0. The largest absolute Gasteiger partial charge is 0.481 e. The number of aliphatic carboxylic acids is 1. The Kier molecular flexibility index (Phi) is 7.29. The third-order valence-corrected chi connectivity index (χ3v) is 2.29. The van der Waals surface area contributed by atoms with E-state index in [1.165, 1.54) is 4.90 Å². The van der Waals surface area contributed by atoms with Gasteiger partial charge in [-0.2, -0.15) is 0 Å². The number of carbonyl (C=O) groups is 2. The zero-order chi connectivity index (χ0) is 13.4. The number of hydrogen-bond donors (Lipinski definition) is 2. The SMILES string of the molecule is CC(C)N(CCC(=O)O)C(=O)NCCN(C)C. The number of urea groups is 1. The van der Waals surface area contributed by atoms with Gasteiger partial charge in [0.1, 0.15) is 0 Å². The minimum atomic E-state index is -0.892. The Morgan fingerprint density at radius 2 is 1.82 bits per heavy atom. The molecule has 6 nitrogen and oxygen atoms in total. The number of carbonyl (C=O) groups excluding carboxylic acids is 1. The van der Waals surface area contributed by atoms with Gasteiger partial charge in [-0.15, -0.1) is 0 Å². The zero-order valence-electron chi connectivity index (χ0n) is 11.1. The van der Waals surface area contributed by atoms with Crippen LogP contribution in [-0.2, 0) is 4.79 Å². The summed E-state index contributed by atoms with van der Waals surface area (Å²) in [6, 6.07) is -0.211. The van der Waals surface area contributed by atoms with Crippen molar-refractivity contribution in [2.24, 2.45) is 0 Å². The van der Waals surface area contributed by atoms with Gasteiger partial charge >= 0.3 is 12.0 Å². The van der Waals surface area contributed by atoms with Crippen LogP contribution in [0.4, 0.5) is 4.79 Å². The Hall–Kier alpha value is -1.30. The maximum absolute atomic E-state index is 11.8. The molecule has 0 bridgehead atoms. The van der Waals surface area contributed by atoms with Gasteiger partial charge in [0, 0.05) is 25.7 Å². The van der Waals surface area contributed by atoms with Crippen LogP contribution in [0.25, 0.3) is 0 Å². The van der Waals surface area contributed by atoms with Gasteiger partial charge in [0.25, 0.3) is 0 Å². The highest BCUT2D eigenvalue weighted by atomic mass is 16.4. The lowest BCUT2D eigenvalue weighted by molar-refractivity contribution is -0.137. The first kappa shape index (κ1) is 15.7.